The Kier molecular flexibility index (Phi) is 12.0. The van der Waals surface area contributed by atoms with Gasteiger partial charge in [0.2, 0.25) is 0 Å². The summed E-state index contributed by atoms with van der Waals surface area (Å²) >= 11 is 0. The molecule has 2 heterocycles. The first-order valence-electron chi connectivity index (χ1n) is 10.2. The molecule has 0 fully saturated rings. The number of H-pyrrole nitrogens is 1. The van der Waals surface area contributed by atoms with Crippen molar-refractivity contribution < 1.29 is 4.39 Å². The number of nitrogens with zero attached hydrogens (tertiary/aromatic N) is 3. The highest BCUT2D eigenvalue weighted by atomic mass is 19.1. The van der Waals surface area contributed by atoms with Crippen molar-refractivity contribution in [2.45, 2.75) is 41.0 Å². The molecule has 2 aromatic carbocycles. The van der Waals surface area contributed by atoms with Gasteiger partial charge in [0, 0.05) is 29.2 Å². The molecule has 0 aliphatic carbocycles. The number of hydrogen-bond acceptors (Lipinski definition) is 3. The fourth-order valence-corrected chi connectivity index (χ4v) is 2.34. The third kappa shape index (κ3) is 8.35. The fraction of sp³-hybridized carbons (Fsp3) is 0.240. The van der Waals surface area contributed by atoms with E-state index in [0.29, 0.717) is 0 Å². The number of rotatable bonds is 2. The van der Waals surface area contributed by atoms with E-state index in [1.165, 1.54) is 24.9 Å². The molecular weight excluding hydrogens is 375 g/mol. The Morgan fingerprint density at radius 3 is 1.83 bits per heavy atom. The van der Waals surface area contributed by atoms with Crippen LogP contribution in [0.1, 0.15) is 39.8 Å². The van der Waals surface area contributed by atoms with Crippen molar-refractivity contribution in [3.8, 4) is 22.6 Å². The first kappa shape index (κ1) is 24.7. The zero-order valence-electron chi connectivity index (χ0n) is 18.4. The highest BCUT2D eigenvalue weighted by Crippen LogP contribution is 2.25. The van der Waals surface area contributed by atoms with Crippen LogP contribution in [0.15, 0.2) is 79.4 Å². The minimum absolute atomic E-state index is 0.236. The van der Waals surface area contributed by atoms with E-state index >= 15 is 0 Å². The molecule has 1 N–H and O–H groups in total. The van der Waals surface area contributed by atoms with E-state index in [0.717, 1.165) is 28.3 Å². The Morgan fingerprint density at radius 1 is 0.800 bits per heavy atom. The molecule has 0 aliphatic heterocycles. The first-order valence-corrected chi connectivity index (χ1v) is 10.2. The van der Waals surface area contributed by atoms with Crippen molar-refractivity contribution in [2.75, 3.05) is 0 Å². The molecule has 4 aromatic rings. The molecule has 30 heavy (non-hydrogen) atoms. The zero-order valence-corrected chi connectivity index (χ0v) is 18.4. The van der Waals surface area contributed by atoms with Crippen molar-refractivity contribution in [1.29, 1.82) is 0 Å². The van der Waals surface area contributed by atoms with Gasteiger partial charge >= 0.3 is 0 Å². The Hall–Kier alpha value is -3.34. The van der Waals surface area contributed by atoms with E-state index < -0.39 is 0 Å². The summed E-state index contributed by atoms with van der Waals surface area (Å²) in [5.74, 6) is 0.595. The number of nitrogens with one attached hydrogen (secondary N) is 1. The third-order valence-electron chi connectivity index (χ3n) is 3.53. The Labute approximate surface area is 179 Å². The van der Waals surface area contributed by atoms with Crippen LogP contribution in [0.4, 0.5) is 4.39 Å². The summed E-state index contributed by atoms with van der Waals surface area (Å²) in [5.41, 5.74) is 3.79. The molecule has 2 aromatic heterocycles. The molecule has 0 atom stereocenters. The van der Waals surface area contributed by atoms with Crippen LogP contribution in [-0.4, -0.2) is 19.9 Å². The standard InChI is InChI=1S/C16H13FN2.C4H4N2.C3H8.C2H6/c1-11-15(12-7-9-14(17)10-8-12)19-16(18-11)13-5-3-2-4-6-13;1-2-5-4-6-3-1;1-3-2;1-2/h2-10H,1H3,(H,18,19);1-4H;3H2,1-2H3;1-2H3. The summed E-state index contributed by atoms with van der Waals surface area (Å²) in [4.78, 5) is 15.2. The quantitative estimate of drug-likeness (QED) is 0.386. The molecule has 0 radical (unpaired) electrons. The van der Waals surface area contributed by atoms with Gasteiger partial charge in [-0.1, -0.05) is 64.4 Å². The summed E-state index contributed by atoms with van der Waals surface area (Å²) in [5, 5.41) is 0. The SMILES string of the molecule is CC.CCC.Cc1[nH]c(-c2ccccc2)nc1-c1ccc(F)cc1.c1cncnc1. The van der Waals surface area contributed by atoms with E-state index in [4.69, 9.17) is 0 Å². The van der Waals surface area contributed by atoms with E-state index in [9.17, 15) is 4.39 Å². The molecule has 0 unspecified atom stereocenters. The summed E-state index contributed by atoms with van der Waals surface area (Å²) < 4.78 is 12.9. The number of halogens is 1. The number of aromatic amines is 1. The van der Waals surface area contributed by atoms with Crippen LogP contribution < -0.4 is 0 Å². The molecule has 0 saturated heterocycles. The van der Waals surface area contributed by atoms with Gasteiger partial charge in [0.15, 0.2) is 0 Å². The van der Waals surface area contributed by atoms with E-state index in [1.807, 2.05) is 51.1 Å². The molecule has 4 nitrogen and oxygen atoms in total. The number of aryl methyl sites for hydroxylation is 1. The molecule has 158 valence electrons. The van der Waals surface area contributed by atoms with Crippen LogP contribution in [0.5, 0.6) is 0 Å². The lowest BCUT2D eigenvalue weighted by atomic mass is 10.1. The molecule has 0 saturated carbocycles. The molecule has 0 aliphatic rings. The van der Waals surface area contributed by atoms with Gasteiger partial charge in [-0.3, -0.25) is 0 Å². The van der Waals surface area contributed by atoms with Crippen molar-refractivity contribution in [3.63, 3.8) is 0 Å². The monoisotopic (exact) mass is 406 g/mol. The number of benzene rings is 2. The average Bonchev–Trinajstić information content (AvgIpc) is 3.20. The van der Waals surface area contributed by atoms with Gasteiger partial charge in [0.1, 0.15) is 18.0 Å². The van der Waals surface area contributed by atoms with Crippen molar-refractivity contribution >= 4 is 0 Å². The van der Waals surface area contributed by atoms with Crippen LogP contribution in [-0.2, 0) is 0 Å². The van der Waals surface area contributed by atoms with Gasteiger partial charge in [0.05, 0.1) is 5.69 Å². The van der Waals surface area contributed by atoms with Crippen molar-refractivity contribution in [3.05, 3.63) is 90.9 Å². The van der Waals surface area contributed by atoms with Crippen LogP contribution in [0.2, 0.25) is 0 Å². The topological polar surface area (TPSA) is 54.5 Å². The number of hydrogen-bond donors (Lipinski definition) is 1. The first-order chi connectivity index (χ1) is 14.7. The minimum Gasteiger partial charge on any atom is -0.342 e. The maximum atomic E-state index is 12.9. The molecular formula is C25H31FN4. The fourth-order valence-electron chi connectivity index (χ4n) is 2.34. The summed E-state index contributed by atoms with van der Waals surface area (Å²) in [6.45, 7) is 10.2. The molecule has 0 spiro atoms. The summed E-state index contributed by atoms with van der Waals surface area (Å²) in [7, 11) is 0. The molecule has 0 amide bonds. The Morgan fingerprint density at radius 2 is 1.37 bits per heavy atom. The van der Waals surface area contributed by atoms with Crippen LogP contribution in [0.25, 0.3) is 22.6 Å². The predicted molar refractivity (Wildman–Crippen MR) is 123 cm³/mol. The lowest BCUT2D eigenvalue weighted by Crippen LogP contribution is -1.82. The van der Waals surface area contributed by atoms with Gasteiger partial charge in [0.25, 0.3) is 0 Å². The van der Waals surface area contributed by atoms with Crippen LogP contribution >= 0.6 is 0 Å². The Balaban J connectivity index is 0.000000340. The van der Waals surface area contributed by atoms with Gasteiger partial charge < -0.3 is 4.98 Å². The highest BCUT2D eigenvalue weighted by molar-refractivity contribution is 5.67. The normalized spacial score (nSPS) is 9.13. The third-order valence-corrected chi connectivity index (χ3v) is 3.53. The predicted octanol–water partition coefficient (Wildman–Crippen LogP) is 7.11. The second-order valence-electron chi connectivity index (χ2n) is 6.04. The van der Waals surface area contributed by atoms with E-state index in [1.54, 1.807) is 30.6 Å². The minimum atomic E-state index is -0.236. The summed E-state index contributed by atoms with van der Waals surface area (Å²) in [6, 6.07) is 18.1. The second kappa shape index (κ2) is 14.6. The maximum absolute atomic E-state index is 12.9. The Bertz CT molecular complexity index is 894. The van der Waals surface area contributed by atoms with Crippen LogP contribution in [0, 0.1) is 12.7 Å². The molecule has 4 rings (SSSR count). The lowest BCUT2D eigenvalue weighted by Gasteiger charge is -1.97. The largest absolute Gasteiger partial charge is 0.342 e. The maximum Gasteiger partial charge on any atom is 0.138 e. The second-order valence-corrected chi connectivity index (χ2v) is 6.04. The highest BCUT2D eigenvalue weighted by Gasteiger charge is 2.10. The van der Waals surface area contributed by atoms with Gasteiger partial charge in [-0.2, -0.15) is 0 Å². The summed E-state index contributed by atoms with van der Waals surface area (Å²) in [6.07, 6.45) is 6.12. The van der Waals surface area contributed by atoms with E-state index in [-0.39, 0.29) is 5.82 Å². The number of imidazole rings is 1. The molecule has 5 heteroatoms. The van der Waals surface area contributed by atoms with Gasteiger partial charge in [-0.25, -0.2) is 19.3 Å². The molecule has 0 bridgehead atoms. The lowest BCUT2D eigenvalue weighted by molar-refractivity contribution is 0.628. The zero-order chi connectivity index (χ0) is 22.2. The average molecular weight is 407 g/mol. The van der Waals surface area contributed by atoms with Crippen molar-refractivity contribution in [1.82, 2.24) is 19.9 Å². The van der Waals surface area contributed by atoms with Crippen LogP contribution in [0.3, 0.4) is 0 Å². The number of aromatic nitrogens is 4. The van der Waals surface area contributed by atoms with Gasteiger partial charge in [-0.15, -0.1) is 0 Å². The van der Waals surface area contributed by atoms with E-state index in [2.05, 4.69) is 33.8 Å². The smallest absolute Gasteiger partial charge is 0.138 e. The van der Waals surface area contributed by atoms with Gasteiger partial charge in [-0.05, 0) is 37.3 Å². The van der Waals surface area contributed by atoms with Crippen molar-refractivity contribution in [2.24, 2.45) is 0 Å².